The molecule has 1 fully saturated rings. The van der Waals surface area contributed by atoms with Crippen LogP contribution >= 0.6 is 0 Å². The van der Waals surface area contributed by atoms with Crippen molar-refractivity contribution in [2.45, 2.75) is 32.8 Å². The van der Waals surface area contributed by atoms with Gasteiger partial charge in [0.25, 0.3) is 0 Å². The average molecular weight is 218 g/mol. The monoisotopic (exact) mass is 218 g/mol. The highest BCUT2D eigenvalue weighted by atomic mass is 16.5. The smallest absolute Gasteiger partial charge is 0.191 e. The molecule has 1 saturated heterocycles. The molecule has 2 rings (SSSR count). The number of aryl methyl sites for hydroxylation is 1. The highest BCUT2D eigenvalue weighted by Crippen LogP contribution is 2.23. The Hall–Kier alpha value is -1.15. The van der Waals surface area contributed by atoms with Gasteiger partial charge in [0.2, 0.25) is 0 Å². The summed E-state index contributed by atoms with van der Waals surface area (Å²) in [5, 5.41) is 0. The van der Waals surface area contributed by atoms with Crippen molar-refractivity contribution in [2.24, 2.45) is 5.92 Å². The molecule has 1 heterocycles. The van der Waals surface area contributed by atoms with Crippen molar-refractivity contribution in [3.8, 4) is 0 Å². The minimum Gasteiger partial charge on any atom is -0.370 e. The molecule has 2 nitrogen and oxygen atoms in total. The van der Waals surface area contributed by atoms with Gasteiger partial charge in [-0.1, -0.05) is 38.1 Å². The van der Waals surface area contributed by atoms with Gasteiger partial charge in [0.15, 0.2) is 5.78 Å². The maximum absolute atomic E-state index is 12.1. The zero-order valence-electron chi connectivity index (χ0n) is 9.90. The Bertz CT molecular complexity index is 367. The third kappa shape index (κ3) is 2.17. The van der Waals surface area contributed by atoms with Crippen LogP contribution in [0.15, 0.2) is 24.3 Å². The first-order valence-corrected chi connectivity index (χ1v) is 5.97. The molecule has 0 saturated carbocycles. The van der Waals surface area contributed by atoms with E-state index in [1.165, 1.54) is 5.56 Å². The molecule has 0 N–H and O–H groups in total. The largest absolute Gasteiger partial charge is 0.370 e. The molecule has 2 atom stereocenters. The van der Waals surface area contributed by atoms with Crippen molar-refractivity contribution in [2.75, 3.05) is 6.61 Å². The molecule has 0 spiro atoms. The number of ether oxygens (including phenoxy) is 1. The predicted molar refractivity (Wildman–Crippen MR) is 63.7 cm³/mol. The van der Waals surface area contributed by atoms with Crippen molar-refractivity contribution in [3.05, 3.63) is 35.4 Å². The van der Waals surface area contributed by atoms with E-state index < -0.39 is 0 Å². The SMILES string of the molecule is CCc1ccc(C(=O)C2OCCC2C)cc1. The lowest BCUT2D eigenvalue weighted by atomic mass is 9.95. The normalized spacial score (nSPS) is 24.6. The lowest BCUT2D eigenvalue weighted by Gasteiger charge is -2.13. The molecule has 1 aliphatic heterocycles. The molecular weight excluding hydrogens is 200 g/mol. The summed E-state index contributed by atoms with van der Waals surface area (Å²) in [6.45, 7) is 4.90. The van der Waals surface area contributed by atoms with Gasteiger partial charge in [-0.2, -0.15) is 0 Å². The third-order valence-electron chi connectivity index (χ3n) is 3.29. The molecule has 86 valence electrons. The van der Waals surface area contributed by atoms with Crippen LogP contribution in [0.1, 0.15) is 36.2 Å². The summed E-state index contributed by atoms with van der Waals surface area (Å²) < 4.78 is 5.49. The number of rotatable bonds is 3. The summed E-state index contributed by atoms with van der Waals surface area (Å²) >= 11 is 0. The molecule has 1 aromatic carbocycles. The van der Waals surface area contributed by atoms with Crippen LogP contribution in [0.5, 0.6) is 0 Å². The van der Waals surface area contributed by atoms with Crippen molar-refractivity contribution in [3.63, 3.8) is 0 Å². The number of hydrogen-bond acceptors (Lipinski definition) is 2. The fourth-order valence-electron chi connectivity index (χ4n) is 2.10. The van der Waals surface area contributed by atoms with Crippen molar-refractivity contribution >= 4 is 5.78 Å². The van der Waals surface area contributed by atoms with Gasteiger partial charge in [0.1, 0.15) is 6.10 Å². The third-order valence-corrected chi connectivity index (χ3v) is 3.29. The Morgan fingerprint density at radius 1 is 1.38 bits per heavy atom. The minimum atomic E-state index is -0.229. The number of benzene rings is 1. The van der Waals surface area contributed by atoms with E-state index in [4.69, 9.17) is 4.74 Å². The molecule has 2 heteroatoms. The van der Waals surface area contributed by atoms with Gasteiger partial charge in [-0.3, -0.25) is 4.79 Å². The maximum atomic E-state index is 12.1. The van der Waals surface area contributed by atoms with E-state index in [1.807, 2.05) is 24.3 Å². The summed E-state index contributed by atoms with van der Waals surface area (Å²) in [4.78, 5) is 12.1. The quantitative estimate of drug-likeness (QED) is 0.729. The molecule has 0 amide bonds. The minimum absolute atomic E-state index is 0.132. The lowest BCUT2D eigenvalue weighted by Crippen LogP contribution is -2.25. The van der Waals surface area contributed by atoms with Crippen molar-refractivity contribution in [1.82, 2.24) is 0 Å². The van der Waals surface area contributed by atoms with Gasteiger partial charge in [-0.25, -0.2) is 0 Å². The highest BCUT2D eigenvalue weighted by Gasteiger charge is 2.31. The fraction of sp³-hybridized carbons (Fsp3) is 0.500. The Morgan fingerprint density at radius 3 is 2.56 bits per heavy atom. The van der Waals surface area contributed by atoms with E-state index in [9.17, 15) is 4.79 Å². The van der Waals surface area contributed by atoms with Gasteiger partial charge in [0, 0.05) is 12.2 Å². The molecule has 2 unspecified atom stereocenters. The van der Waals surface area contributed by atoms with Crippen LogP contribution in [0.2, 0.25) is 0 Å². The van der Waals surface area contributed by atoms with E-state index in [2.05, 4.69) is 13.8 Å². The van der Waals surface area contributed by atoms with Gasteiger partial charge < -0.3 is 4.74 Å². The molecule has 1 aliphatic rings. The number of carbonyl (C=O) groups excluding carboxylic acids is 1. The van der Waals surface area contributed by atoms with E-state index >= 15 is 0 Å². The first-order valence-electron chi connectivity index (χ1n) is 5.97. The van der Waals surface area contributed by atoms with E-state index in [1.54, 1.807) is 0 Å². The molecule has 0 radical (unpaired) electrons. The number of hydrogen-bond donors (Lipinski definition) is 0. The standard InChI is InChI=1S/C14H18O2/c1-3-11-4-6-12(7-5-11)13(15)14-10(2)8-9-16-14/h4-7,10,14H,3,8-9H2,1-2H3. The Kier molecular flexibility index (Phi) is 3.39. The van der Waals surface area contributed by atoms with Crippen molar-refractivity contribution in [1.29, 1.82) is 0 Å². The van der Waals surface area contributed by atoms with Crippen LogP contribution in [0.3, 0.4) is 0 Å². The van der Waals surface area contributed by atoms with Gasteiger partial charge in [-0.05, 0) is 24.3 Å². The fourth-order valence-corrected chi connectivity index (χ4v) is 2.10. The Morgan fingerprint density at radius 2 is 2.06 bits per heavy atom. The molecule has 0 aromatic heterocycles. The van der Waals surface area contributed by atoms with Crippen LogP contribution in [0, 0.1) is 5.92 Å². The first-order chi connectivity index (χ1) is 7.72. The number of Topliss-reactive ketones (excluding diaryl/α,β-unsaturated/α-hetero) is 1. The second kappa shape index (κ2) is 4.79. The van der Waals surface area contributed by atoms with Gasteiger partial charge in [0.05, 0.1) is 0 Å². The Labute approximate surface area is 96.6 Å². The maximum Gasteiger partial charge on any atom is 0.191 e. The Balaban J connectivity index is 2.14. The van der Waals surface area contributed by atoms with E-state index in [-0.39, 0.29) is 11.9 Å². The molecule has 16 heavy (non-hydrogen) atoms. The second-order valence-electron chi connectivity index (χ2n) is 4.47. The molecular formula is C14H18O2. The lowest BCUT2D eigenvalue weighted by molar-refractivity contribution is 0.0579. The number of ketones is 1. The van der Waals surface area contributed by atoms with E-state index in [0.29, 0.717) is 12.5 Å². The summed E-state index contributed by atoms with van der Waals surface area (Å²) in [5.74, 6) is 0.478. The second-order valence-corrected chi connectivity index (χ2v) is 4.47. The molecule has 0 aliphatic carbocycles. The van der Waals surface area contributed by atoms with Crippen molar-refractivity contribution < 1.29 is 9.53 Å². The average Bonchev–Trinajstić information content (AvgIpc) is 2.75. The van der Waals surface area contributed by atoms with Gasteiger partial charge in [-0.15, -0.1) is 0 Å². The van der Waals surface area contributed by atoms with Crippen LogP contribution in [-0.2, 0) is 11.2 Å². The molecule has 0 bridgehead atoms. The predicted octanol–water partition coefficient (Wildman–Crippen LogP) is 2.86. The van der Waals surface area contributed by atoms with E-state index in [0.717, 1.165) is 18.4 Å². The highest BCUT2D eigenvalue weighted by molar-refractivity contribution is 5.99. The van der Waals surface area contributed by atoms with Gasteiger partial charge >= 0.3 is 0 Å². The zero-order chi connectivity index (χ0) is 11.5. The molecule has 1 aromatic rings. The number of carbonyl (C=O) groups is 1. The summed E-state index contributed by atoms with van der Waals surface area (Å²) in [6, 6.07) is 7.87. The summed E-state index contributed by atoms with van der Waals surface area (Å²) in [5.41, 5.74) is 2.04. The van der Waals surface area contributed by atoms with Crippen LogP contribution in [0.4, 0.5) is 0 Å². The summed E-state index contributed by atoms with van der Waals surface area (Å²) in [7, 11) is 0. The summed E-state index contributed by atoms with van der Waals surface area (Å²) in [6.07, 6.45) is 1.77. The topological polar surface area (TPSA) is 26.3 Å². The van der Waals surface area contributed by atoms with Crippen LogP contribution < -0.4 is 0 Å². The zero-order valence-corrected chi connectivity index (χ0v) is 9.90. The van der Waals surface area contributed by atoms with Crippen LogP contribution in [0.25, 0.3) is 0 Å². The first kappa shape index (κ1) is 11.3. The van der Waals surface area contributed by atoms with Crippen LogP contribution in [-0.4, -0.2) is 18.5 Å².